The van der Waals surface area contributed by atoms with Crippen LogP contribution in [0.3, 0.4) is 0 Å². The number of benzene rings is 1. The Balaban J connectivity index is 2.02. The van der Waals surface area contributed by atoms with E-state index in [0.717, 1.165) is 23.4 Å². The van der Waals surface area contributed by atoms with Crippen LogP contribution in [0.4, 0.5) is 11.4 Å². The van der Waals surface area contributed by atoms with Crippen LogP contribution >= 0.6 is 0 Å². The molecular formula is C14H14N2O2. The van der Waals surface area contributed by atoms with Gasteiger partial charge in [-0.3, -0.25) is 4.79 Å². The number of hydrogen-bond acceptors (Lipinski definition) is 3. The third-order valence-corrected chi connectivity index (χ3v) is 3.31. The van der Waals surface area contributed by atoms with Crippen molar-refractivity contribution in [2.75, 3.05) is 10.6 Å². The number of amides is 1. The number of nitrogen functional groups attached to an aromatic ring is 1. The summed E-state index contributed by atoms with van der Waals surface area (Å²) in [5.41, 5.74) is 9.16. The van der Waals surface area contributed by atoms with Gasteiger partial charge in [0, 0.05) is 17.4 Å². The highest BCUT2D eigenvalue weighted by atomic mass is 16.3. The van der Waals surface area contributed by atoms with E-state index in [4.69, 9.17) is 10.2 Å². The fourth-order valence-electron chi connectivity index (χ4n) is 2.49. The van der Waals surface area contributed by atoms with Gasteiger partial charge in [0.05, 0.1) is 11.8 Å². The van der Waals surface area contributed by atoms with E-state index in [1.807, 2.05) is 25.1 Å². The van der Waals surface area contributed by atoms with Crippen LogP contribution in [-0.2, 0) is 6.42 Å². The topological polar surface area (TPSA) is 59.5 Å². The largest absolute Gasteiger partial charge is 0.472 e. The van der Waals surface area contributed by atoms with Gasteiger partial charge in [-0.2, -0.15) is 0 Å². The predicted molar refractivity (Wildman–Crippen MR) is 69.5 cm³/mol. The van der Waals surface area contributed by atoms with Crippen LogP contribution < -0.4 is 10.6 Å². The molecule has 0 fully saturated rings. The molecule has 0 aliphatic carbocycles. The molecule has 92 valence electrons. The molecule has 2 N–H and O–H groups in total. The molecule has 1 unspecified atom stereocenters. The zero-order chi connectivity index (χ0) is 12.7. The Labute approximate surface area is 105 Å². The average Bonchev–Trinajstić information content (AvgIpc) is 2.94. The van der Waals surface area contributed by atoms with Crippen LogP contribution in [0, 0.1) is 0 Å². The summed E-state index contributed by atoms with van der Waals surface area (Å²) in [6.07, 6.45) is 3.83. The Bertz CT molecular complexity index is 590. The minimum absolute atomic E-state index is 0.0280. The molecule has 3 rings (SSSR count). The van der Waals surface area contributed by atoms with Crippen LogP contribution in [0.25, 0.3) is 0 Å². The van der Waals surface area contributed by atoms with E-state index in [2.05, 4.69) is 0 Å². The van der Waals surface area contributed by atoms with Gasteiger partial charge in [-0.15, -0.1) is 0 Å². The van der Waals surface area contributed by atoms with Gasteiger partial charge in [-0.1, -0.05) is 0 Å². The van der Waals surface area contributed by atoms with Crippen molar-refractivity contribution in [3.8, 4) is 0 Å². The molecule has 0 saturated carbocycles. The fourth-order valence-corrected chi connectivity index (χ4v) is 2.49. The van der Waals surface area contributed by atoms with Crippen molar-refractivity contribution in [2.24, 2.45) is 0 Å². The molecule has 4 nitrogen and oxygen atoms in total. The Morgan fingerprint density at radius 2 is 2.28 bits per heavy atom. The standard InChI is InChI=1S/C14H14N2O2/c1-9-6-11-7-12(15)2-3-13(11)16(9)14(17)10-4-5-18-8-10/h2-5,7-9H,6,15H2,1H3. The second-order valence-corrected chi connectivity index (χ2v) is 4.63. The molecule has 1 aromatic carbocycles. The van der Waals surface area contributed by atoms with E-state index >= 15 is 0 Å². The minimum atomic E-state index is -0.0280. The fraction of sp³-hybridized carbons (Fsp3) is 0.214. The molecular weight excluding hydrogens is 228 g/mol. The summed E-state index contributed by atoms with van der Waals surface area (Å²) >= 11 is 0. The minimum Gasteiger partial charge on any atom is -0.472 e. The SMILES string of the molecule is CC1Cc2cc(N)ccc2N1C(=O)c1ccoc1. The lowest BCUT2D eigenvalue weighted by atomic mass is 10.1. The van der Waals surface area contributed by atoms with E-state index in [1.165, 1.54) is 12.5 Å². The first-order valence-electron chi connectivity index (χ1n) is 5.91. The normalized spacial score (nSPS) is 17.8. The van der Waals surface area contributed by atoms with Crippen molar-refractivity contribution in [3.63, 3.8) is 0 Å². The number of hydrogen-bond donors (Lipinski definition) is 1. The highest BCUT2D eigenvalue weighted by Gasteiger charge is 2.31. The highest BCUT2D eigenvalue weighted by molar-refractivity contribution is 6.07. The van der Waals surface area contributed by atoms with Crippen molar-refractivity contribution in [3.05, 3.63) is 47.9 Å². The van der Waals surface area contributed by atoms with Gasteiger partial charge in [-0.25, -0.2) is 0 Å². The van der Waals surface area contributed by atoms with Crippen molar-refractivity contribution < 1.29 is 9.21 Å². The first kappa shape index (κ1) is 10.9. The van der Waals surface area contributed by atoms with Crippen molar-refractivity contribution in [1.82, 2.24) is 0 Å². The van der Waals surface area contributed by atoms with E-state index < -0.39 is 0 Å². The van der Waals surface area contributed by atoms with Crippen LogP contribution in [0.2, 0.25) is 0 Å². The third kappa shape index (κ3) is 1.57. The van der Waals surface area contributed by atoms with Gasteiger partial charge in [0.25, 0.3) is 5.91 Å². The summed E-state index contributed by atoms with van der Waals surface area (Å²) in [7, 11) is 0. The molecule has 1 atom stereocenters. The lowest BCUT2D eigenvalue weighted by molar-refractivity contribution is 0.0981. The third-order valence-electron chi connectivity index (χ3n) is 3.31. The maximum Gasteiger partial charge on any atom is 0.261 e. The number of nitrogens with two attached hydrogens (primary N) is 1. The Morgan fingerprint density at radius 1 is 1.44 bits per heavy atom. The maximum atomic E-state index is 12.4. The molecule has 0 spiro atoms. The van der Waals surface area contributed by atoms with Gasteiger partial charge in [0.1, 0.15) is 6.26 Å². The monoisotopic (exact) mass is 242 g/mol. The summed E-state index contributed by atoms with van der Waals surface area (Å²) in [5.74, 6) is -0.0280. The second-order valence-electron chi connectivity index (χ2n) is 4.63. The van der Waals surface area contributed by atoms with E-state index in [0.29, 0.717) is 5.56 Å². The van der Waals surface area contributed by atoms with Crippen LogP contribution in [0.15, 0.2) is 41.2 Å². The number of carbonyl (C=O) groups excluding carboxylic acids is 1. The quantitative estimate of drug-likeness (QED) is 0.781. The number of fused-ring (bicyclic) bond motifs is 1. The molecule has 0 radical (unpaired) electrons. The van der Waals surface area contributed by atoms with Gasteiger partial charge >= 0.3 is 0 Å². The molecule has 1 aliphatic heterocycles. The van der Waals surface area contributed by atoms with Crippen molar-refractivity contribution in [2.45, 2.75) is 19.4 Å². The zero-order valence-electron chi connectivity index (χ0n) is 10.1. The molecule has 0 bridgehead atoms. The van der Waals surface area contributed by atoms with E-state index in [-0.39, 0.29) is 11.9 Å². The highest BCUT2D eigenvalue weighted by Crippen LogP contribution is 2.34. The Morgan fingerprint density at radius 3 is 3.00 bits per heavy atom. The second kappa shape index (κ2) is 3.91. The van der Waals surface area contributed by atoms with Crippen LogP contribution in [0.1, 0.15) is 22.8 Å². The first-order chi connectivity index (χ1) is 8.66. The summed E-state index contributed by atoms with van der Waals surface area (Å²) in [6.45, 7) is 2.04. The average molecular weight is 242 g/mol. The van der Waals surface area contributed by atoms with Gasteiger partial charge in [0.2, 0.25) is 0 Å². The molecule has 1 amide bonds. The smallest absolute Gasteiger partial charge is 0.261 e. The van der Waals surface area contributed by atoms with Crippen molar-refractivity contribution in [1.29, 1.82) is 0 Å². The summed E-state index contributed by atoms with van der Waals surface area (Å²) in [5, 5.41) is 0. The van der Waals surface area contributed by atoms with Gasteiger partial charge in [0.15, 0.2) is 0 Å². The number of nitrogens with zero attached hydrogens (tertiary/aromatic N) is 1. The molecule has 2 heterocycles. The van der Waals surface area contributed by atoms with Gasteiger partial charge < -0.3 is 15.1 Å². The number of furan rings is 1. The maximum absolute atomic E-state index is 12.4. The lowest BCUT2D eigenvalue weighted by Crippen LogP contribution is -2.35. The first-order valence-corrected chi connectivity index (χ1v) is 5.91. The van der Waals surface area contributed by atoms with Crippen molar-refractivity contribution >= 4 is 17.3 Å². The molecule has 1 aromatic heterocycles. The summed E-state index contributed by atoms with van der Waals surface area (Å²) < 4.78 is 4.97. The van der Waals surface area contributed by atoms with Crippen LogP contribution in [-0.4, -0.2) is 11.9 Å². The predicted octanol–water partition coefficient (Wildman–Crippen LogP) is 2.45. The number of rotatable bonds is 1. The molecule has 2 aromatic rings. The molecule has 4 heteroatoms. The number of carbonyl (C=O) groups is 1. The van der Waals surface area contributed by atoms with Gasteiger partial charge in [-0.05, 0) is 43.2 Å². The zero-order valence-corrected chi connectivity index (χ0v) is 10.1. The number of anilines is 2. The Hall–Kier alpha value is -2.23. The molecule has 0 saturated heterocycles. The molecule has 1 aliphatic rings. The van der Waals surface area contributed by atoms with E-state index in [9.17, 15) is 4.79 Å². The summed E-state index contributed by atoms with van der Waals surface area (Å²) in [6, 6.07) is 7.50. The van der Waals surface area contributed by atoms with Crippen LogP contribution in [0.5, 0.6) is 0 Å². The molecule has 18 heavy (non-hydrogen) atoms. The lowest BCUT2D eigenvalue weighted by Gasteiger charge is -2.22. The summed E-state index contributed by atoms with van der Waals surface area (Å²) in [4.78, 5) is 14.2. The Kier molecular flexibility index (Phi) is 2.37. The van der Waals surface area contributed by atoms with E-state index in [1.54, 1.807) is 11.0 Å².